The Kier molecular flexibility index (Phi) is 8.32. The van der Waals surface area contributed by atoms with E-state index in [0.717, 1.165) is 12.1 Å². The minimum Gasteiger partial charge on any atom is -0.476 e. The SMILES string of the molecule is C[CH2][Al]([CH2]Cc1ccccc1C=Nc1ccccc1C(C)C)[NH]c1cccc(C)c1. The van der Waals surface area contributed by atoms with Gasteiger partial charge in [-0.2, -0.15) is 0 Å². The normalized spacial score (nSPS) is 11.2. The van der Waals surface area contributed by atoms with Crippen LogP contribution >= 0.6 is 0 Å². The van der Waals surface area contributed by atoms with Gasteiger partial charge in [0, 0.05) is 11.9 Å². The van der Waals surface area contributed by atoms with E-state index in [9.17, 15) is 0 Å². The van der Waals surface area contributed by atoms with Crippen molar-refractivity contribution in [2.75, 3.05) is 4.30 Å². The van der Waals surface area contributed by atoms with Crippen molar-refractivity contribution in [3.63, 3.8) is 0 Å². The molecule has 0 atom stereocenters. The van der Waals surface area contributed by atoms with E-state index in [1.54, 1.807) is 0 Å². The zero-order chi connectivity index (χ0) is 21.3. The van der Waals surface area contributed by atoms with Gasteiger partial charge in [0.15, 0.2) is 0 Å². The van der Waals surface area contributed by atoms with Crippen LogP contribution in [-0.2, 0) is 6.42 Å². The number of hydrogen-bond donors (Lipinski definition) is 1. The molecule has 0 fully saturated rings. The van der Waals surface area contributed by atoms with Gasteiger partial charge in [0.25, 0.3) is 0 Å². The first kappa shape index (κ1) is 22.3. The molecule has 3 aromatic carbocycles. The summed E-state index contributed by atoms with van der Waals surface area (Å²) in [5.41, 5.74) is 7.58. The lowest BCUT2D eigenvalue weighted by atomic mass is 10.0. The predicted octanol–water partition coefficient (Wildman–Crippen LogP) is 7.54. The molecule has 0 bridgehead atoms. The third-order valence-corrected chi connectivity index (χ3v) is 8.31. The summed E-state index contributed by atoms with van der Waals surface area (Å²) in [7, 11) is 0. The van der Waals surface area contributed by atoms with Crippen LogP contribution in [0.1, 0.15) is 48.9 Å². The Balaban J connectivity index is 1.71. The number of para-hydroxylation sites is 1. The maximum Gasteiger partial charge on any atom is 0.411 e. The summed E-state index contributed by atoms with van der Waals surface area (Å²) in [6.45, 7) is 8.91. The van der Waals surface area contributed by atoms with Gasteiger partial charge in [0.1, 0.15) is 0 Å². The van der Waals surface area contributed by atoms with Gasteiger partial charge in [-0.05, 0) is 59.7 Å². The van der Waals surface area contributed by atoms with E-state index in [0.29, 0.717) is 5.92 Å². The first-order valence-corrected chi connectivity index (χ1v) is 13.3. The molecule has 0 amide bonds. The van der Waals surface area contributed by atoms with Gasteiger partial charge in [-0.3, -0.25) is 4.99 Å². The van der Waals surface area contributed by atoms with Crippen LogP contribution in [0.5, 0.6) is 0 Å². The largest absolute Gasteiger partial charge is 0.476 e. The highest BCUT2D eigenvalue weighted by Gasteiger charge is 2.17. The van der Waals surface area contributed by atoms with Crippen LogP contribution in [0, 0.1) is 6.92 Å². The highest BCUT2D eigenvalue weighted by molar-refractivity contribution is 6.62. The van der Waals surface area contributed by atoms with E-state index < -0.39 is 14.4 Å². The molecule has 0 saturated carbocycles. The number of aliphatic imine (C=N–C) groups is 1. The number of nitrogens with one attached hydrogen (secondary N) is 1. The second-order valence-electron chi connectivity index (χ2n) is 8.33. The maximum atomic E-state index is 4.85. The van der Waals surface area contributed by atoms with E-state index in [-0.39, 0.29) is 0 Å². The molecule has 30 heavy (non-hydrogen) atoms. The molecule has 0 spiro atoms. The molecule has 3 heteroatoms. The lowest BCUT2D eigenvalue weighted by molar-refractivity contribution is 0.867. The molecule has 154 valence electrons. The number of anilines is 1. The van der Waals surface area contributed by atoms with Crippen molar-refractivity contribution in [3.05, 3.63) is 95.1 Å². The summed E-state index contributed by atoms with van der Waals surface area (Å²) in [5, 5.41) is 2.48. The van der Waals surface area contributed by atoms with Gasteiger partial charge >= 0.3 is 14.4 Å². The Bertz CT molecular complexity index is 978. The maximum absolute atomic E-state index is 4.85. The molecular formula is C27H33AlN2. The molecule has 0 saturated heterocycles. The fourth-order valence-corrected chi connectivity index (χ4v) is 5.87. The number of nitrogens with zero attached hydrogens (tertiary/aromatic N) is 1. The van der Waals surface area contributed by atoms with Crippen LogP contribution in [0.15, 0.2) is 77.8 Å². The zero-order valence-electron chi connectivity index (χ0n) is 18.7. The van der Waals surface area contributed by atoms with Gasteiger partial charge < -0.3 is 4.30 Å². The minimum atomic E-state index is -1.05. The van der Waals surface area contributed by atoms with Crippen molar-refractivity contribution in [2.24, 2.45) is 4.99 Å². The molecular weight excluding hydrogens is 379 g/mol. The van der Waals surface area contributed by atoms with E-state index >= 15 is 0 Å². The van der Waals surface area contributed by atoms with Crippen molar-refractivity contribution in [1.82, 2.24) is 0 Å². The van der Waals surface area contributed by atoms with Crippen LogP contribution in [0.4, 0.5) is 11.4 Å². The molecule has 0 aromatic heterocycles. The molecule has 0 heterocycles. The number of aryl methyl sites for hydroxylation is 2. The standard InChI is InChI=1S/C18H20N.C7H8N.C2H5.Al/c1-4-15-9-5-6-10-16(15)13-19-18-12-8-7-11-17(18)14(2)3;1-6-3-2-4-7(8)5-6;1-2;/h5-14H,1,4H2,2-3H3;2-5,8H,1H3;1H2,2H3;/q;-1;;+1. The molecule has 1 N–H and O–H groups in total. The predicted molar refractivity (Wildman–Crippen MR) is 134 cm³/mol. The third-order valence-electron chi connectivity index (χ3n) is 5.60. The molecule has 2 nitrogen and oxygen atoms in total. The summed E-state index contributed by atoms with van der Waals surface area (Å²) < 4.78 is 3.84. The Morgan fingerprint density at radius 2 is 1.73 bits per heavy atom. The van der Waals surface area contributed by atoms with Crippen LogP contribution in [0.2, 0.25) is 10.6 Å². The summed E-state index contributed by atoms with van der Waals surface area (Å²) >= 11 is -1.05. The zero-order valence-corrected chi connectivity index (χ0v) is 19.9. The molecule has 0 aliphatic carbocycles. The molecule has 0 aliphatic rings. The van der Waals surface area contributed by atoms with Gasteiger partial charge in [0.05, 0.1) is 5.69 Å². The molecule has 0 unspecified atom stereocenters. The van der Waals surface area contributed by atoms with E-state index in [1.807, 2.05) is 6.21 Å². The third kappa shape index (κ3) is 6.33. The van der Waals surface area contributed by atoms with Crippen molar-refractivity contribution in [3.8, 4) is 0 Å². The Hall–Kier alpha value is -2.34. The number of benzene rings is 3. The molecule has 3 rings (SSSR count). The monoisotopic (exact) mass is 412 g/mol. The van der Waals surface area contributed by atoms with E-state index in [2.05, 4.69) is 105 Å². The van der Waals surface area contributed by atoms with Crippen molar-refractivity contribution < 1.29 is 0 Å². The Morgan fingerprint density at radius 1 is 0.967 bits per heavy atom. The van der Waals surface area contributed by atoms with Gasteiger partial charge in [0.2, 0.25) is 0 Å². The highest BCUT2D eigenvalue weighted by atomic mass is 27.2. The topological polar surface area (TPSA) is 24.4 Å². The summed E-state index contributed by atoms with van der Waals surface area (Å²) in [6.07, 6.45) is 3.14. The van der Waals surface area contributed by atoms with Crippen molar-refractivity contribution >= 4 is 32.0 Å². The van der Waals surface area contributed by atoms with Crippen LogP contribution in [-0.4, -0.2) is 20.6 Å². The van der Waals surface area contributed by atoms with Crippen molar-refractivity contribution in [2.45, 2.75) is 50.6 Å². The highest BCUT2D eigenvalue weighted by Crippen LogP contribution is 2.26. The van der Waals surface area contributed by atoms with Crippen LogP contribution < -0.4 is 4.30 Å². The van der Waals surface area contributed by atoms with Crippen LogP contribution in [0.25, 0.3) is 0 Å². The van der Waals surface area contributed by atoms with Crippen LogP contribution in [0.3, 0.4) is 0 Å². The molecule has 0 aliphatic heterocycles. The summed E-state index contributed by atoms with van der Waals surface area (Å²) in [6, 6.07) is 25.9. The second kappa shape index (κ2) is 11.2. The summed E-state index contributed by atoms with van der Waals surface area (Å²) in [4.78, 5) is 4.85. The lowest BCUT2D eigenvalue weighted by Gasteiger charge is -2.15. The number of hydrogen-bond acceptors (Lipinski definition) is 2. The van der Waals surface area contributed by atoms with Gasteiger partial charge in [-0.15, -0.1) is 0 Å². The summed E-state index contributed by atoms with van der Waals surface area (Å²) in [5.74, 6) is 0.470. The lowest BCUT2D eigenvalue weighted by Crippen LogP contribution is -2.24. The average Bonchev–Trinajstić information content (AvgIpc) is 2.76. The van der Waals surface area contributed by atoms with Crippen molar-refractivity contribution in [1.29, 1.82) is 0 Å². The second-order valence-corrected chi connectivity index (χ2v) is 11.4. The Morgan fingerprint density at radius 3 is 2.50 bits per heavy atom. The first-order valence-electron chi connectivity index (χ1n) is 11.1. The smallest absolute Gasteiger partial charge is 0.411 e. The average molecular weight is 413 g/mol. The minimum absolute atomic E-state index is 0.470. The number of rotatable bonds is 9. The molecule has 3 aromatic rings. The Labute approximate surface area is 186 Å². The first-order chi connectivity index (χ1) is 14.6. The quantitative estimate of drug-likeness (QED) is 0.285. The van der Waals surface area contributed by atoms with E-state index in [1.165, 1.54) is 38.5 Å². The van der Waals surface area contributed by atoms with E-state index in [4.69, 9.17) is 4.99 Å². The van der Waals surface area contributed by atoms with Gasteiger partial charge in [-0.1, -0.05) is 85.9 Å². The van der Waals surface area contributed by atoms with Gasteiger partial charge in [-0.25, -0.2) is 0 Å². The fraction of sp³-hybridized carbons (Fsp3) is 0.296. The fourth-order valence-electron chi connectivity index (χ4n) is 3.80. The molecule has 0 radical (unpaired) electrons.